The molecule has 0 saturated heterocycles. The van der Waals surface area contributed by atoms with Gasteiger partial charge in [0.15, 0.2) is 0 Å². The van der Waals surface area contributed by atoms with Gasteiger partial charge in [-0.05, 0) is 0 Å². The summed E-state index contributed by atoms with van der Waals surface area (Å²) in [5.74, 6) is 0.773. The molecule has 0 aromatic rings. The second kappa shape index (κ2) is 23.0. The minimum Gasteiger partial charge on any atom is -0.358 e. The second-order valence-corrected chi connectivity index (χ2v) is 1.68. The van der Waals surface area contributed by atoms with Crippen LogP contribution >= 0.6 is 0 Å². The van der Waals surface area contributed by atoms with Crippen LogP contribution in [0.2, 0.25) is 0 Å². The minimum atomic E-state index is 0. The first kappa shape index (κ1) is 32.1. The van der Waals surface area contributed by atoms with Crippen molar-refractivity contribution in [2.45, 2.75) is 35.1 Å². The fraction of sp³-hybridized carbons (Fsp3) is 0.750. The zero-order valence-electron chi connectivity index (χ0n) is 5.57. The largest absolute Gasteiger partial charge is 0.358 e. The molecule has 1 heteroatoms. The average molecular weight is 207 g/mol. The molecule has 0 bridgehead atoms. The number of hydrogen-bond acceptors (Lipinski definition) is 0. The Kier molecular flexibility index (Phi) is 82.0. The Morgan fingerprint density at radius 2 is 1.33 bits per heavy atom. The molecule has 0 aliphatic heterocycles. The number of hydrogen-bond donors (Lipinski definition) is 0. The molecule has 59 valence electrons. The predicted molar refractivity (Wildman–Crippen MR) is 44.7 cm³/mol. The van der Waals surface area contributed by atoms with Crippen molar-refractivity contribution in [3.05, 3.63) is 14.4 Å². The first-order valence-corrected chi connectivity index (χ1v) is 2.06. The van der Waals surface area contributed by atoms with Crippen molar-refractivity contribution in [3.8, 4) is 0 Å². The molecule has 9 heavy (non-hydrogen) atoms. The summed E-state index contributed by atoms with van der Waals surface area (Å²) < 4.78 is 0. The maximum absolute atomic E-state index is 3.69. The van der Waals surface area contributed by atoms with Gasteiger partial charge in [-0.25, -0.2) is 0 Å². The van der Waals surface area contributed by atoms with E-state index in [9.17, 15) is 0 Å². The SMILES string of the molecule is C.C.[CH2-]CC(C)C.[CH3-].[Y]. The summed E-state index contributed by atoms with van der Waals surface area (Å²) in [6.07, 6.45) is 1.06. The van der Waals surface area contributed by atoms with E-state index in [1.165, 1.54) is 0 Å². The molecule has 0 heterocycles. The van der Waals surface area contributed by atoms with Crippen LogP contribution in [0.4, 0.5) is 0 Å². The molecule has 0 saturated carbocycles. The molecule has 0 atom stereocenters. The topological polar surface area (TPSA) is 0 Å². The predicted octanol–water partition coefficient (Wildman–Crippen LogP) is 3.59. The molecule has 0 aromatic carbocycles. The first-order valence-electron chi connectivity index (χ1n) is 2.06. The Balaban J connectivity index is -0.0000000133. The van der Waals surface area contributed by atoms with E-state index < -0.39 is 0 Å². The molecule has 1 radical (unpaired) electrons. The van der Waals surface area contributed by atoms with Crippen molar-refractivity contribution in [2.24, 2.45) is 5.92 Å². The summed E-state index contributed by atoms with van der Waals surface area (Å²) in [6.45, 7) is 8.00. The average Bonchev–Trinajstić information content (AvgIpc) is 1.38. The molecular weight excluding hydrogens is 185 g/mol. The normalized spacial score (nSPS) is 5.33. The molecule has 0 nitrogen and oxygen atoms in total. The molecule has 0 amide bonds. The molecule has 0 aliphatic carbocycles. The third-order valence-electron chi connectivity index (χ3n) is 0.577. The van der Waals surface area contributed by atoms with E-state index in [0.717, 1.165) is 12.3 Å². The van der Waals surface area contributed by atoms with Gasteiger partial charge >= 0.3 is 0 Å². The number of rotatable bonds is 1. The van der Waals surface area contributed by atoms with Crippen molar-refractivity contribution >= 4 is 0 Å². The van der Waals surface area contributed by atoms with Crippen molar-refractivity contribution in [1.29, 1.82) is 0 Å². The summed E-state index contributed by atoms with van der Waals surface area (Å²) >= 11 is 0. The van der Waals surface area contributed by atoms with Gasteiger partial charge in [0, 0.05) is 32.7 Å². The van der Waals surface area contributed by atoms with Gasteiger partial charge < -0.3 is 14.4 Å². The van der Waals surface area contributed by atoms with Crippen LogP contribution in [0.15, 0.2) is 0 Å². The molecule has 0 aliphatic rings. The van der Waals surface area contributed by atoms with Crippen molar-refractivity contribution < 1.29 is 32.7 Å². The van der Waals surface area contributed by atoms with E-state index in [4.69, 9.17) is 0 Å². The van der Waals surface area contributed by atoms with Crippen molar-refractivity contribution in [2.75, 3.05) is 0 Å². The fourth-order valence-corrected chi connectivity index (χ4v) is 0. The van der Waals surface area contributed by atoms with Gasteiger partial charge in [-0.3, -0.25) is 0 Å². The molecule has 0 N–H and O–H groups in total. The first-order chi connectivity index (χ1) is 2.27. The van der Waals surface area contributed by atoms with Gasteiger partial charge in [-0.2, -0.15) is 6.42 Å². The molecule has 0 rings (SSSR count). The molecular formula is C8H22Y-2. The van der Waals surface area contributed by atoms with E-state index in [1.807, 2.05) is 0 Å². The Hall–Kier alpha value is 1.10. The minimum absolute atomic E-state index is 0. The van der Waals surface area contributed by atoms with Crippen LogP contribution < -0.4 is 0 Å². The summed E-state index contributed by atoms with van der Waals surface area (Å²) in [5, 5.41) is 0. The van der Waals surface area contributed by atoms with Crippen LogP contribution in [0.5, 0.6) is 0 Å². The quantitative estimate of drug-likeness (QED) is 0.576. The van der Waals surface area contributed by atoms with E-state index in [1.54, 1.807) is 0 Å². The molecule has 0 aromatic heterocycles. The van der Waals surface area contributed by atoms with E-state index in [0.29, 0.717) is 0 Å². The van der Waals surface area contributed by atoms with Crippen LogP contribution in [0, 0.1) is 20.3 Å². The Morgan fingerprint density at radius 3 is 1.33 bits per heavy atom. The van der Waals surface area contributed by atoms with Gasteiger partial charge in [0.2, 0.25) is 0 Å². The van der Waals surface area contributed by atoms with Gasteiger partial charge in [-0.1, -0.05) is 34.6 Å². The molecule has 0 spiro atoms. The third-order valence-corrected chi connectivity index (χ3v) is 0.577. The van der Waals surface area contributed by atoms with Crippen LogP contribution in [0.3, 0.4) is 0 Å². The zero-order valence-corrected chi connectivity index (χ0v) is 8.41. The van der Waals surface area contributed by atoms with Crippen LogP contribution in [-0.2, 0) is 32.7 Å². The van der Waals surface area contributed by atoms with Crippen molar-refractivity contribution in [1.82, 2.24) is 0 Å². The van der Waals surface area contributed by atoms with E-state index in [-0.39, 0.29) is 55.0 Å². The summed E-state index contributed by atoms with van der Waals surface area (Å²) in [4.78, 5) is 0. The maximum Gasteiger partial charge on any atom is 0 e. The maximum atomic E-state index is 3.69. The molecule has 0 unspecified atom stereocenters. The smallest absolute Gasteiger partial charge is 0 e. The van der Waals surface area contributed by atoms with Gasteiger partial charge in [0.05, 0.1) is 0 Å². The zero-order chi connectivity index (χ0) is 4.28. The van der Waals surface area contributed by atoms with Crippen molar-refractivity contribution in [3.63, 3.8) is 0 Å². The Morgan fingerprint density at radius 1 is 1.22 bits per heavy atom. The van der Waals surface area contributed by atoms with Gasteiger partial charge in [-0.15, -0.1) is 0 Å². The van der Waals surface area contributed by atoms with E-state index in [2.05, 4.69) is 20.8 Å². The van der Waals surface area contributed by atoms with Crippen LogP contribution in [-0.4, -0.2) is 0 Å². The van der Waals surface area contributed by atoms with E-state index >= 15 is 0 Å². The van der Waals surface area contributed by atoms with Crippen LogP contribution in [0.1, 0.15) is 35.1 Å². The standard InChI is InChI=1S/C5H11.2CH4.CH3.Y/c1-4-5(2)3;;;;/h5H,1,4H2,2-3H3;2*1H4;1H3;/q-1;;;-1;. The van der Waals surface area contributed by atoms with Crippen LogP contribution in [0.25, 0.3) is 0 Å². The summed E-state index contributed by atoms with van der Waals surface area (Å²) in [5.41, 5.74) is 0. The second-order valence-electron chi connectivity index (χ2n) is 1.68. The summed E-state index contributed by atoms with van der Waals surface area (Å²) in [7, 11) is 0. The van der Waals surface area contributed by atoms with Gasteiger partial charge in [0.1, 0.15) is 0 Å². The summed E-state index contributed by atoms with van der Waals surface area (Å²) in [6, 6.07) is 0. The monoisotopic (exact) mass is 207 g/mol. The Bertz CT molecular complexity index is 18.5. The van der Waals surface area contributed by atoms with Gasteiger partial charge in [0.25, 0.3) is 0 Å². The Labute approximate surface area is 87.7 Å². The molecule has 0 fully saturated rings. The third kappa shape index (κ3) is 47.7. The fourth-order valence-electron chi connectivity index (χ4n) is 0.